The molecule has 92 valence electrons. The largest absolute Gasteiger partial charge is 0.481 e. The van der Waals surface area contributed by atoms with Crippen molar-refractivity contribution < 1.29 is 23.1 Å². The number of carboxylic acids is 1. The highest BCUT2D eigenvalue weighted by atomic mass is 19.4. The molecule has 1 N–H and O–H groups in total. The van der Waals surface area contributed by atoms with Crippen molar-refractivity contribution in [3.8, 4) is 0 Å². The van der Waals surface area contributed by atoms with E-state index in [-0.39, 0.29) is 0 Å². The second-order valence-electron chi connectivity index (χ2n) is 4.44. The van der Waals surface area contributed by atoms with Crippen molar-refractivity contribution in [1.82, 2.24) is 4.98 Å². The topological polar surface area (TPSA) is 50.2 Å². The van der Waals surface area contributed by atoms with Gasteiger partial charge < -0.3 is 5.11 Å². The molecule has 1 aromatic heterocycles. The van der Waals surface area contributed by atoms with Gasteiger partial charge in [0.2, 0.25) is 0 Å². The number of aromatic nitrogens is 1. The number of pyridine rings is 1. The molecule has 1 aliphatic carbocycles. The Kier molecular flexibility index (Phi) is 2.41. The summed E-state index contributed by atoms with van der Waals surface area (Å²) in [4.78, 5) is 14.1. The summed E-state index contributed by atoms with van der Waals surface area (Å²) in [5.74, 6) is -1.45. The maximum Gasteiger partial charge on any atom is 0.433 e. The Morgan fingerprint density at radius 3 is 2.53 bits per heavy atom. The standard InChI is InChI=1S/C11H10F3NO2/c1-10(4-7(10)9(16)17)6-2-3-8(15-5-6)11(12,13)14/h2-3,5,7H,4H2,1H3,(H,16,17). The molecule has 0 radical (unpaired) electrons. The Morgan fingerprint density at radius 1 is 1.53 bits per heavy atom. The van der Waals surface area contributed by atoms with Crippen LogP contribution in [0.25, 0.3) is 0 Å². The van der Waals surface area contributed by atoms with E-state index in [1.807, 2.05) is 0 Å². The van der Waals surface area contributed by atoms with Crippen LogP contribution in [0.4, 0.5) is 13.2 Å². The molecular weight excluding hydrogens is 235 g/mol. The maximum atomic E-state index is 12.3. The Bertz CT molecular complexity index is 455. The van der Waals surface area contributed by atoms with Crippen molar-refractivity contribution in [1.29, 1.82) is 0 Å². The van der Waals surface area contributed by atoms with Crippen LogP contribution in [-0.2, 0) is 16.4 Å². The van der Waals surface area contributed by atoms with Crippen molar-refractivity contribution in [3.63, 3.8) is 0 Å². The third-order valence-electron chi connectivity index (χ3n) is 3.25. The molecule has 1 aromatic rings. The van der Waals surface area contributed by atoms with Crippen molar-refractivity contribution in [2.45, 2.75) is 24.9 Å². The highest BCUT2D eigenvalue weighted by Gasteiger charge is 2.56. The maximum absolute atomic E-state index is 12.3. The SMILES string of the molecule is CC1(c2ccc(C(F)(F)F)nc2)CC1C(=O)O. The van der Waals surface area contributed by atoms with E-state index in [9.17, 15) is 18.0 Å². The molecule has 3 nitrogen and oxygen atoms in total. The lowest BCUT2D eigenvalue weighted by Gasteiger charge is -2.11. The van der Waals surface area contributed by atoms with Crippen molar-refractivity contribution in [2.75, 3.05) is 0 Å². The molecule has 0 aliphatic heterocycles. The van der Waals surface area contributed by atoms with Gasteiger partial charge in [-0.15, -0.1) is 0 Å². The summed E-state index contributed by atoms with van der Waals surface area (Å²) in [5, 5.41) is 8.83. The quantitative estimate of drug-likeness (QED) is 0.870. The van der Waals surface area contributed by atoms with Crippen LogP contribution in [0.3, 0.4) is 0 Å². The number of alkyl halides is 3. The predicted molar refractivity (Wildman–Crippen MR) is 52.3 cm³/mol. The lowest BCUT2D eigenvalue weighted by molar-refractivity contribution is -0.141. The Balaban J connectivity index is 2.23. The molecule has 0 saturated heterocycles. The van der Waals surface area contributed by atoms with Crippen molar-refractivity contribution >= 4 is 5.97 Å². The first-order valence-electron chi connectivity index (χ1n) is 5.01. The van der Waals surface area contributed by atoms with Gasteiger partial charge in [-0.1, -0.05) is 13.0 Å². The summed E-state index contributed by atoms with van der Waals surface area (Å²) >= 11 is 0. The normalized spacial score (nSPS) is 27.9. The zero-order valence-corrected chi connectivity index (χ0v) is 8.95. The molecule has 17 heavy (non-hydrogen) atoms. The fourth-order valence-electron chi connectivity index (χ4n) is 1.94. The number of hydrogen-bond acceptors (Lipinski definition) is 2. The van der Waals surface area contributed by atoms with Crippen molar-refractivity contribution in [3.05, 3.63) is 29.6 Å². The average Bonchev–Trinajstić information content (AvgIpc) is 2.92. The van der Waals surface area contributed by atoms with E-state index < -0.39 is 29.2 Å². The highest BCUT2D eigenvalue weighted by Crippen LogP contribution is 2.53. The van der Waals surface area contributed by atoms with Crippen LogP contribution >= 0.6 is 0 Å². The summed E-state index contributed by atoms with van der Waals surface area (Å²) in [7, 11) is 0. The summed E-state index contributed by atoms with van der Waals surface area (Å²) in [5.41, 5.74) is -1.00. The molecule has 0 bridgehead atoms. The number of halogens is 3. The summed E-state index contributed by atoms with van der Waals surface area (Å²) in [6.07, 6.45) is -2.91. The van der Waals surface area contributed by atoms with Crippen LogP contribution in [-0.4, -0.2) is 16.1 Å². The smallest absolute Gasteiger partial charge is 0.433 e. The van der Waals surface area contributed by atoms with E-state index in [2.05, 4.69) is 4.98 Å². The van der Waals surface area contributed by atoms with Gasteiger partial charge in [0.05, 0.1) is 5.92 Å². The Labute approximate surface area is 95.3 Å². The van der Waals surface area contributed by atoms with Gasteiger partial charge in [0.15, 0.2) is 0 Å². The van der Waals surface area contributed by atoms with Gasteiger partial charge >= 0.3 is 12.1 Å². The first kappa shape index (κ1) is 11.9. The third kappa shape index (κ3) is 1.99. The molecule has 0 amide bonds. The molecule has 1 saturated carbocycles. The molecule has 6 heteroatoms. The number of nitrogens with zero attached hydrogens (tertiary/aromatic N) is 1. The van der Waals surface area contributed by atoms with Gasteiger partial charge in [-0.25, -0.2) is 0 Å². The van der Waals surface area contributed by atoms with E-state index in [0.717, 1.165) is 12.3 Å². The fraction of sp³-hybridized carbons (Fsp3) is 0.455. The molecule has 2 atom stereocenters. The number of carboxylic acid groups (broad SMARTS) is 1. The van der Waals surface area contributed by atoms with E-state index in [1.54, 1.807) is 6.92 Å². The second-order valence-corrected chi connectivity index (χ2v) is 4.44. The summed E-state index contributed by atoms with van der Waals surface area (Å²) in [6, 6.07) is 2.19. The molecule has 1 fully saturated rings. The predicted octanol–water partition coefficient (Wildman–Crippen LogP) is 2.46. The fourth-order valence-corrected chi connectivity index (χ4v) is 1.94. The lowest BCUT2D eigenvalue weighted by atomic mass is 9.97. The first-order valence-corrected chi connectivity index (χ1v) is 5.01. The number of rotatable bonds is 2. The minimum absolute atomic E-state index is 0.440. The molecule has 2 unspecified atom stereocenters. The van der Waals surface area contributed by atoms with Crippen LogP contribution in [0.1, 0.15) is 24.6 Å². The van der Waals surface area contributed by atoms with Crippen LogP contribution in [0.15, 0.2) is 18.3 Å². The molecule has 1 heterocycles. The number of carbonyl (C=O) groups is 1. The Hall–Kier alpha value is -1.59. The minimum Gasteiger partial charge on any atom is -0.481 e. The van der Waals surface area contributed by atoms with E-state index in [4.69, 9.17) is 5.11 Å². The minimum atomic E-state index is -4.46. The van der Waals surface area contributed by atoms with Gasteiger partial charge in [-0.3, -0.25) is 9.78 Å². The highest BCUT2D eigenvalue weighted by molar-refractivity contribution is 5.76. The molecular formula is C11H10F3NO2. The van der Waals surface area contributed by atoms with Crippen LogP contribution in [0.2, 0.25) is 0 Å². The number of hydrogen-bond donors (Lipinski definition) is 1. The zero-order valence-electron chi connectivity index (χ0n) is 8.95. The average molecular weight is 245 g/mol. The monoisotopic (exact) mass is 245 g/mol. The molecule has 1 aliphatic rings. The third-order valence-corrected chi connectivity index (χ3v) is 3.25. The zero-order chi connectivity index (χ0) is 12.8. The van der Waals surface area contributed by atoms with Gasteiger partial charge in [0, 0.05) is 11.6 Å². The van der Waals surface area contributed by atoms with Crippen LogP contribution < -0.4 is 0 Å². The van der Waals surface area contributed by atoms with E-state index >= 15 is 0 Å². The van der Waals surface area contributed by atoms with E-state index in [1.165, 1.54) is 6.07 Å². The molecule has 0 aromatic carbocycles. The van der Waals surface area contributed by atoms with E-state index in [0.29, 0.717) is 12.0 Å². The van der Waals surface area contributed by atoms with Gasteiger partial charge in [-0.2, -0.15) is 13.2 Å². The Morgan fingerprint density at radius 2 is 2.18 bits per heavy atom. The molecule has 2 rings (SSSR count). The van der Waals surface area contributed by atoms with Crippen LogP contribution in [0.5, 0.6) is 0 Å². The van der Waals surface area contributed by atoms with Crippen molar-refractivity contribution in [2.24, 2.45) is 5.92 Å². The summed E-state index contributed by atoms with van der Waals surface area (Å²) < 4.78 is 36.8. The second kappa shape index (κ2) is 3.45. The molecule has 0 spiro atoms. The van der Waals surface area contributed by atoms with Crippen LogP contribution in [0, 0.1) is 5.92 Å². The number of aliphatic carboxylic acids is 1. The van der Waals surface area contributed by atoms with Gasteiger partial charge in [0.25, 0.3) is 0 Å². The first-order chi connectivity index (χ1) is 7.75. The lowest BCUT2D eigenvalue weighted by Crippen LogP contribution is -2.13. The van der Waals surface area contributed by atoms with Gasteiger partial charge in [0.1, 0.15) is 5.69 Å². The summed E-state index contributed by atoms with van der Waals surface area (Å²) in [6.45, 7) is 1.72. The van der Waals surface area contributed by atoms with Gasteiger partial charge in [-0.05, 0) is 18.1 Å².